The normalized spacial score (nSPS) is 10.3. The Morgan fingerprint density at radius 1 is 1.04 bits per heavy atom. The number of carbonyl (C=O) groups excluding carboxylic acids is 1. The van der Waals surface area contributed by atoms with Crippen molar-refractivity contribution in [2.75, 3.05) is 6.61 Å². The molecule has 132 valence electrons. The molecular formula is C19H21NO5. The van der Waals surface area contributed by atoms with Gasteiger partial charge in [-0.1, -0.05) is 38.3 Å². The van der Waals surface area contributed by atoms with Gasteiger partial charge in [0.2, 0.25) is 5.75 Å². The zero-order valence-corrected chi connectivity index (χ0v) is 14.1. The van der Waals surface area contributed by atoms with Crippen molar-refractivity contribution in [3.63, 3.8) is 0 Å². The Hall–Kier alpha value is -2.89. The van der Waals surface area contributed by atoms with Gasteiger partial charge in [0.05, 0.1) is 17.1 Å². The maximum absolute atomic E-state index is 12.1. The molecule has 0 saturated heterocycles. The molecule has 2 aromatic carbocycles. The predicted molar refractivity (Wildman–Crippen MR) is 94.1 cm³/mol. The average Bonchev–Trinajstić information content (AvgIpc) is 2.62. The summed E-state index contributed by atoms with van der Waals surface area (Å²) in [4.78, 5) is 22.5. The molecule has 0 bridgehead atoms. The highest BCUT2D eigenvalue weighted by molar-refractivity contribution is 5.91. The number of rotatable bonds is 9. The number of para-hydroxylation sites is 2. The van der Waals surface area contributed by atoms with Gasteiger partial charge in [0.1, 0.15) is 5.75 Å². The maximum Gasteiger partial charge on any atom is 0.343 e. The van der Waals surface area contributed by atoms with Crippen molar-refractivity contribution in [3.8, 4) is 11.5 Å². The molecule has 0 aromatic heterocycles. The molecule has 2 aromatic rings. The molecule has 0 aliphatic rings. The molecule has 0 aliphatic heterocycles. The van der Waals surface area contributed by atoms with E-state index in [-0.39, 0.29) is 11.4 Å². The molecule has 0 heterocycles. The maximum atomic E-state index is 12.1. The van der Waals surface area contributed by atoms with Crippen molar-refractivity contribution >= 4 is 11.7 Å². The Balaban J connectivity index is 1.93. The first-order chi connectivity index (χ1) is 12.1. The van der Waals surface area contributed by atoms with Gasteiger partial charge in [-0.25, -0.2) is 4.79 Å². The summed E-state index contributed by atoms with van der Waals surface area (Å²) in [5.74, 6) is -0.0451. The van der Waals surface area contributed by atoms with Crippen LogP contribution in [0.25, 0.3) is 0 Å². The van der Waals surface area contributed by atoms with Crippen LogP contribution in [-0.2, 0) is 0 Å². The molecule has 0 atom stereocenters. The van der Waals surface area contributed by atoms with Gasteiger partial charge >= 0.3 is 11.7 Å². The van der Waals surface area contributed by atoms with Gasteiger partial charge in [-0.05, 0) is 36.8 Å². The minimum absolute atomic E-state index is 0.0752. The molecule has 0 amide bonds. The summed E-state index contributed by atoms with van der Waals surface area (Å²) in [6, 6.07) is 12.3. The number of ether oxygens (including phenoxy) is 2. The fraction of sp³-hybridized carbons (Fsp3) is 0.316. The van der Waals surface area contributed by atoms with Crippen LogP contribution in [0.4, 0.5) is 5.69 Å². The van der Waals surface area contributed by atoms with Crippen LogP contribution in [0.5, 0.6) is 11.5 Å². The van der Waals surface area contributed by atoms with Gasteiger partial charge in [0, 0.05) is 6.07 Å². The first-order valence-corrected chi connectivity index (χ1v) is 8.30. The fourth-order valence-electron chi connectivity index (χ4n) is 2.26. The zero-order valence-electron chi connectivity index (χ0n) is 14.1. The summed E-state index contributed by atoms with van der Waals surface area (Å²) in [6.45, 7) is 2.79. The monoisotopic (exact) mass is 343 g/mol. The van der Waals surface area contributed by atoms with Crippen LogP contribution in [0, 0.1) is 10.1 Å². The van der Waals surface area contributed by atoms with Crippen LogP contribution in [-0.4, -0.2) is 17.5 Å². The highest BCUT2D eigenvalue weighted by Crippen LogP contribution is 2.26. The number of unbranched alkanes of at least 4 members (excludes halogenated alkanes) is 3. The van der Waals surface area contributed by atoms with Crippen molar-refractivity contribution < 1.29 is 19.2 Å². The van der Waals surface area contributed by atoms with Gasteiger partial charge in [0.25, 0.3) is 0 Å². The lowest BCUT2D eigenvalue weighted by Gasteiger charge is -2.07. The number of nitro groups is 1. The summed E-state index contributed by atoms with van der Waals surface area (Å²) in [5.41, 5.74) is 0.0550. The molecule has 0 N–H and O–H groups in total. The molecule has 25 heavy (non-hydrogen) atoms. The van der Waals surface area contributed by atoms with Crippen LogP contribution in [0.1, 0.15) is 43.0 Å². The number of benzene rings is 2. The van der Waals surface area contributed by atoms with E-state index in [2.05, 4.69) is 6.92 Å². The second-order valence-corrected chi connectivity index (χ2v) is 5.55. The minimum Gasteiger partial charge on any atom is -0.494 e. The van der Waals surface area contributed by atoms with Crippen molar-refractivity contribution in [2.45, 2.75) is 32.6 Å². The Kier molecular flexibility index (Phi) is 6.95. The third-order valence-corrected chi connectivity index (χ3v) is 3.62. The largest absolute Gasteiger partial charge is 0.494 e. The van der Waals surface area contributed by atoms with E-state index in [1.54, 1.807) is 30.3 Å². The topological polar surface area (TPSA) is 78.7 Å². The standard InChI is InChI=1S/C19H21NO5/c1-2-3-4-7-14-24-16-12-10-15(11-13-16)19(21)25-18-9-6-5-8-17(18)20(22)23/h5-6,8-13H,2-4,7,14H2,1H3. The Morgan fingerprint density at radius 2 is 1.76 bits per heavy atom. The molecule has 0 fully saturated rings. The summed E-state index contributed by atoms with van der Waals surface area (Å²) in [7, 11) is 0. The number of carbonyl (C=O) groups is 1. The van der Waals surface area contributed by atoms with Gasteiger partial charge in [-0.2, -0.15) is 0 Å². The van der Waals surface area contributed by atoms with E-state index in [0.717, 1.165) is 12.8 Å². The van der Waals surface area contributed by atoms with Gasteiger partial charge < -0.3 is 9.47 Å². The van der Waals surface area contributed by atoms with E-state index in [9.17, 15) is 14.9 Å². The summed E-state index contributed by atoms with van der Waals surface area (Å²) >= 11 is 0. The average molecular weight is 343 g/mol. The molecular weight excluding hydrogens is 322 g/mol. The predicted octanol–water partition coefficient (Wildman–Crippen LogP) is 4.77. The van der Waals surface area contributed by atoms with E-state index in [0.29, 0.717) is 17.9 Å². The van der Waals surface area contributed by atoms with Crippen molar-refractivity contribution in [1.82, 2.24) is 0 Å². The number of esters is 1. The Labute approximate surface area is 146 Å². The number of hydrogen-bond donors (Lipinski definition) is 0. The second kappa shape index (κ2) is 9.42. The van der Waals surface area contributed by atoms with E-state index < -0.39 is 10.9 Å². The third-order valence-electron chi connectivity index (χ3n) is 3.62. The summed E-state index contributed by atoms with van der Waals surface area (Å²) in [6.07, 6.45) is 4.50. The van der Waals surface area contributed by atoms with Crippen LogP contribution >= 0.6 is 0 Å². The minimum atomic E-state index is -0.649. The lowest BCUT2D eigenvalue weighted by Crippen LogP contribution is -2.09. The van der Waals surface area contributed by atoms with Gasteiger partial charge in [-0.3, -0.25) is 10.1 Å². The zero-order chi connectivity index (χ0) is 18.1. The van der Waals surface area contributed by atoms with Gasteiger partial charge in [0.15, 0.2) is 0 Å². The van der Waals surface area contributed by atoms with E-state index in [1.165, 1.54) is 31.0 Å². The summed E-state index contributed by atoms with van der Waals surface area (Å²) < 4.78 is 10.8. The fourth-order valence-corrected chi connectivity index (χ4v) is 2.26. The molecule has 0 unspecified atom stereocenters. The molecule has 0 spiro atoms. The third kappa shape index (κ3) is 5.60. The summed E-state index contributed by atoms with van der Waals surface area (Å²) in [5, 5.41) is 10.9. The van der Waals surface area contributed by atoms with Crippen LogP contribution in [0.3, 0.4) is 0 Å². The first kappa shape index (κ1) is 18.4. The Bertz CT molecular complexity index is 712. The highest BCUT2D eigenvalue weighted by Gasteiger charge is 2.18. The second-order valence-electron chi connectivity index (χ2n) is 5.55. The van der Waals surface area contributed by atoms with E-state index in [4.69, 9.17) is 9.47 Å². The molecule has 0 radical (unpaired) electrons. The molecule has 0 saturated carbocycles. The molecule has 6 heteroatoms. The van der Waals surface area contributed by atoms with Crippen molar-refractivity contribution in [1.29, 1.82) is 0 Å². The Morgan fingerprint density at radius 3 is 2.44 bits per heavy atom. The molecule has 2 rings (SSSR count). The van der Waals surface area contributed by atoms with Gasteiger partial charge in [-0.15, -0.1) is 0 Å². The van der Waals surface area contributed by atoms with E-state index >= 15 is 0 Å². The quantitative estimate of drug-likeness (QED) is 0.215. The number of nitrogens with zero attached hydrogens (tertiary/aromatic N) is 1. The SMILES string of the molecule is CCCCCCOc1ccc(C(=O)Oc2ccccc2[N+](=O)[O-])cc1. The number of hydrogen-bond acceptors (Lipinski definition) is 5. The van der Waals surface area contributed by atoms with Crippen LogP contribution < -0.4 is 9.47 Å². The van der Waals surface area contributed by atoms with Crippen LogP contribution in [0.15, 0.2) is 48.5 Å². The van der Waals surface area contributed by atoms with Crippen molar-refractivity contribution in [2.24, 2.45) is 0 Å². The number of nitro benzene ring substituents is 1. The van der Waals surface area contributed by atoms with Crippen molar-refractivity contribution in [3.05, 3.63) is 64.2 Å². The molecule has 6 nitrogen and oxygen atoms in total. The highest BCUT2D eigenvalue weighted by atomic mass is 16.6. The smallest absolute Gasteiger partial charge is 0.343 e. The van der Waals surface area contributed by atoms with E-state index in [1.807, 2.05) is 0 Å². The van der Waals surface area contributed by atoms with Crippen LogP contribution in [0.2, 0.25) is 0 Å². The lowest BCUT2D eigenvalue weighted by molar-refractivity contribution is -0.385. The first-order valence-electron chi connectivity index (χ1n) is 8.30. The lowest BCUT2D eigenvalue weighted by atomic mass is 10.2. The molecule has 0 aliphatic carbocycles.